The van der Waals surface area contributed by atoms with Gasteiger partial charge in [0.15, 0.2) is 0 Å². The molecule has 0 N–H and O–H groups in total. The number of hydrogen-bond donors (Lipinski definition) is 1. The smallest absolute Gasteiger partial charge is 0.139 e. The van der Waals surface area contributed by atoms with Crippen molar-refractivity contribution in [1.29, 1.82) is 0 Å². The summed E-state index contributed by atoms with van der Waals surface area (Å²) in [6.07, 6.45) is 1.75. The maximum absolute atomic E-state index is 5.15. The van der Waals surface area contributed by atoms with E-state index in [2.05, 4.69) is 29.7 Å². The van der Waals surface area contributed by atoms with E-state index in [-0.39, 0.29) is 0 Å². The summed E-state index contributed by atoms with van der Waals surface area (Å²) >= 11 is 9.40. The monoisotopic (exact) mass is 260 g/mol. The van der Waals surface area contributed by atoms with E-state index in [1.54, 1.807) is 6.20 Å². The van der Waals surface area contributed by atoms with Crippen LogP contribution in [0, 0.1) is 0 Å². The van der Waals surface area contributed by atoms with Crippen LogP contribution < -0.4 is 4.90 Å². The standard InChI is InChI=1S/C13H12N2S2/c16-13(17)15(12-8-4-5-9-14-12)10-11-6-2-1-3-7-11/h1-9H,10H2,(H,16,17). The van der Waals surface area contributed by atoms with Crippen molar-refractivity contribution in [2.45, 2.75) is 6.54 Å². The minimum atomic E-state index is 0.521. The quantitative estimate of drug-likeness (QED) is 0.674. The molecule has 2 aromatic rings. The summed E-state index contributed by atoms with van der Waals surface area (Å²) in [5.41, 5.74) is 1.18. The second-order valence-corrected chi connectivity index (χ2v) is 4.66. The molecule has 0 aliphatic rings. The van der Waals surface area contributed by atoms with E-state index in [1.807, 2.05) is 41.3 Å². The van der Waals surface area contributed by atoms with E-state index >= 15 is 0 Å². The fourth-order valence-corrected chi connectivity index (χ4v) is 1.86. The van der Waals surface area contributed by atoms with Gasteiger partial charge in [-0.1, -0.05) is 48.6 Å². The molecule has 1 aromatic heterocycles. The Balaban J connectivity index is 2.23. The molecule has 86 valence electrons. The molecule has 0 bridgehead atoms. The molecule has 0 atom stereocenters. The van der Waals surface area contributed by atoms with Crippen LogP contribution in [0.2, 0.25) is 0 Å². The lowest BCUT2D eigenvalue weighted by atomic mass is 10.2. The SMILES string of the molecule is S=C(S)N(Cc1ccccc1)c1ccccn1. The molecule has 0 aliphatic heterocycles. The van der Waals surface area contributed by atoms with Gasteiger partial charge >= 0.3 is 0 Å². The van der Waals surface area contributed by atoms with Crippen molar-refractivity contribution >= 4 is 35.0 Å². The molecule has 2 rings (SSSR count). The summed E-state index contributed by atoms with van der Waals surface area (Å²) in [5.74, 6) is 0.816. The third kappa shape index (κ3) is 3.28. The highest BCUT2D eigenvalue weighted by Crippen LogP contribution is 2.16. The molecule has 4 heteroatoms. The van der Waals surface area contributed by atoms with Crippen LogP contribution in [0.3, 0.4) is 0 Å². The lowest BCUT2D eigenvalue weighted by Gasteiger charge is -2.21. The minimum Gasteiger partial charge on any atom is -0.308 e. The normalized spacial score (nSPS) is 9.94. The summed E-state index contributed by atoms with van der Waals surface area (Å²) in [6, 6.07) is 15.9. The number of thiol groups is 1. The van der Waals surface area contributed by atoms with Crippen LogP contribution in [0.1, 0.15) is 5.56 Å². The first kappa shape index (κ1) is 12.1. The first-order valence-electron chi connectivity index (χ1n) is 5.23. The van der Waals surface area contributed by atoms with Crippen molar-refractivity contribution in [2.75, 3.05) is 4.90 Å². The van der Waals surface area contributed by atoms with Gasteiger partial charge in [0, 0.05) is 6.20 Å². The van der Waals surface area contributed by atoms with E-state index in [0.29, 0.717) is 10.9 Å². The zero-order chi connectivity index (χ0) is 12.1. The van der Waals surface area contributed by atoms with Gasteiger partial charge in [0.2, 0.25) is 0 Å². The summed E-state index contributed by atoms with van der Waals surface area (Å²) in [7, 11) is 0. The molecule has 0 saturated heterocycles. The highest BCUT2D eigenvalue weighted by molar-refractivity contribution is 8.11. The molecular formula is C13H12N2S2. The van der Waals surface area contributed by atoms with Gasteiger partial charge in [-0.15, -0.1) is 12.6 Å². The van der Waals surface area contributed by atoms with Gasteiger partial charge in [-0.3, -0.25) is 0 Å². The minimum absolute atomic E-state index is 0.521. The van der Waals surface area contributed by atoms with Gasteiger partial charge in [0.05, 0.1) is 6.54 Å². The average molecular weight is 260 g/mol. The number of nitrogens with zero attached hydrogens (tertiary/aromatic N) is 2. The average Bonchev–Trinajstić information content (AvgIpc) is 2.38. The molecule has 0 saturated carbocycles. The zero-order valence-corrected chi connectivity index (χ0v) is 10.9. The van der Waals surface area contributed by atoms with E-state index in [4.69, 9.17) is 12.2 Å². The number of thiocarbonyl (C=S) groups is 1. The van der Waals surface area contributed by atoms with Crippen molar-refractivity contribution in [1.82, 2.24) is 4.98 Å². The van der Waals surface area contributed by atoms with Crippen LogP contribution in [0.15, 0.2) is 54.7 Å². The van der Waals surface area contributed by atoms with Crippen molar-refractivity contribution in [3.05, 3.63) is 60.3 Å². The molecule has 0 spiro atoms. The lowest BCUT2D eigenvalue weighted by Crippen LogP contribution is -2.25. The number of pyridine rings is 1. The fourth-order valence-electron chi connectivity index (χ4n) is 1.53. The Hall–Kier alpha value is -1.39. The van der Waals surface area contributed by atoms with Gasteiger partial charge in [0.25, 0.3) is 0 Å². The highest BCUT2D eigenvalue weighted by Gasteiger charge is 2.10. The maximum Gasteiger partial charge on any atom is 0.139 e. The summed E-state index contributed by atoms with van der Waals surface area (Å²) in [6.45, 7) is 0.681. The second kappa shape index (κ2) is 5.80. The highest BCUT2D eigenvalue weighted by atomic mass is 32.1. The van der Waals surface area contributed by atoms with Crippen molar-refractivity contribution in [3.8, 4) is 0 Å². The van der Waals surface area contributed by atoms with Gasteiger partial charge in [-0.25, -0.2) is 4.98 Å². The zero-order valence-electron chi connectivity index (χ0n) is 9.15. The predicted molar refractivity (Wildman–Crippen MR) is 78.4 cm³/mol. The first-order chi connectivity index (χ1) is 8.27. The van der Waals surface area contributed by atoms with Crippen LogP contribution in [-0.4, -0.2) is 9.30 Å². The molecule has 0 amide bonds. The van der Waals surface area contributed by atoms with Crippen molar-refractivity contribution in [2.24, 2.45) is 0 Å². The Labute approximate surface area is 112 Å². The van der Waals surface area contributed by atoms with Crippen LogP contribution >= 0.6 is 24.8 Å². The van der Waals surface area contributed by atoms with E-state index in [1.165, 1.54) is 5.56 Å². The Bertz CT molecular complexity index is 485. The van der Waals surface area contributed by atoms with Gasteiger partial charge in [-0.2, -0.15) is 0 Å². The summed E-state index contributed by atoms with van der Waals surface area (Å²) in [5, 5.41) is 0. The van der Waals surface area contributed by atoms with Gasteiger partial charge in [0.1, 0.15) is 10.1 Å². The van der Waals surface area contributed by atoms with E-state index in [0.717, 1.165) is 5.82 Å². The number of anilines is 1. The van der Waals surface area contributed by atoms with E-state index in [9.17, 15) is 0 Å². The molecule has 0 fully saturated rings. The Morgan fingerprint density at radius 3 is 2.41 bits per heavy atom. The third-order valence-corrected chi connectivity index (χ3v) is 2.80. The molecule has 0 radical (unpaired) electrons. The third-order valence-electron chi connectivity index (χ3n) is 2.34. The van der Waals surface area contributed by atoms with Crippen molar-refractivity contribution in [3.63, 3.8) is 0 Å². The van der Waals surface area contributed by atoms with Crippen LogP contribution in [0.25, 0.3) is 0 Å². The van der Waals surface area contributed by atoms with Crippen LogP contribution in [0.4, 0.5) is 5.82 Å². The summed E-state index contributed by atoms with van der Waals surface area (Å²) in [4.78, 5) is 6.18. The van der Waals surface area contributed by atoms with E-state index < -0.39 is 0 Å². The van der Waals surface area contributed by atoms with Crippen LogP contribution in [-0.2, 0) is 6.54 Å². The summed E-state index contributed by atoms with van der Waals surface area (Å²) < 4.78 is 0.521. The topological polar surface area (TPSA) is 16.1 Å². The molecule has 17 heavy (non-hydrogen) atoms. The number of hydrogen-bond acceptors (Lipinski definition) is 2. The Morgan fingerprint density at radius 1 is 1.12 bits per heavy atom. The molecule has 1 aromatic carbocycles. The fraction of sp³-hybridized carbons (Fsp3) is 0.0769. The first-order valence-corrected chi connectivity index (χ1v) is 6.08. The molecule has 1 heterocycles. The molecular weight excluding hydrogens is 248 g/mol. The second-order valence-electron chi connectivity index (χ2n) is 3.54. The Kier molecular flexibility index (Phi) is 4.12. The Morgan fingerprint density at radius 2 is 1.82 bits per heavy atom. The van der Waals surface area contributed by atoms with Gasteiger partial charge in [-0.05, 0) is 17.7 Å². The lowest BCUT2D eigenvalue weighted by molar-refractivity contribution is 0.994. The van der Waals surface area contributed by atoms with Crippen molar-refractivity contribution < 1.29 is 0 Å². The van der Waals surface area contributed by atoms with Gasteiger partial charge < -0.3 is 4.90 Å². The number of aromatic nitrogens is 1. The molecule has 0 aliphatic carbocycles. The largest absolute Gasteiger partial charge is 0.308 e. The molecule has 2 nitrogen and oxygen atoms in total. The predicted octanol–water partition coefficient (Wildman–Crippen LogP) is 3.30. The van der Waals surface area contributed by atoms with Crippen LogP contribution in [0.5, 0.6) is 0 Å². The molecule has 0 unspecified atom stereocenters. The maximum atomic E-state index is 5.15. The number of benzene rings is 1. The number of rotatable bonds is 3.